The lowest BCUT2D eigenvalue weighted by Gasteiger charge is -1.90. The Bertz CT molecular complexity index is 103. The Hall–Kier alpha value is -0.750. The Morgan fingerprint density at radius 1 is 1.75 bits per heavy atom. The van der Waals surface area contributed by atoms with Crippen LogP contribution in [-0.2, 0) is 4.79 Å². The first-order valence-corrected chi connectivity index (χ1v) is 2.80. The summed E-state index contributed by atoms with van der Waals surface area (Å²) in [6.45, 7) is 2.05. The highest BCUT2D eigenvalue weighted by Crippen LogP contribution is 1.96. The minimum atomic E-state index is 0.340. The summed E-state index contributed by atoms with van der Waals surface area (Å²) in [6, 6.07) is 0. The molecule has 0 spiro atoms. The van der Waals surface area contributed by atoms with Gasteiger partial charge >= 0.3 is 0 Å². The molecular formula is C6H11NO. The summed E-state index contributed by atoms with van der Waals surface area (Å²) < 4.78 is 0. The van der Waals surface area contributed by atoms with E-state index in [-0.39, 0.29) is 0 Å². The Morgan fingerprint density at radius 3 is 2.75 bits per heavy atom. The van der Waals surface area contributed by atoms with Crippen LogP contribution in [0.3, 0.4) is 0 Å². The van der Waals surface area contributed by atoms with Crippen LogP contribution in [0.15, 0.2) is 5.70 Å². The van der Waals surface area contributed by atoms with Crippen molar-refractivity contribution in [1.29, 1.82) is 0 Å². The summed E-state index contributed by atoms with van der Waals surface area (Å²) in [4.78, 5) is 9.72. The van der Waals surface area contributed by atoms with Crippen molar-refractivity contribution in [3.63, 3.8) is 0 Å². The van der Waals surface area contributed by atoms with Crippen LogP contribution >= 0.6 is 0 Å². The lowest BCUT2D eigenvalue weighted by atomic mass is 10.2. The van der Waals surface area contributed by atoms with Crippen LogP contribution in [0.2, 0.25) is 0 Å². The van der Waals surface area contributed by atoms with Gasteiger partial charge in [0.25, 0.3) is 0 Å². The number of rotatable bonds is 3. The number of nitrogens with two attached hydrogens (primary N) is 1. The summed E-state index contributed by atoms with van der Waals surface area (Å²) >= 11 is 0. The standard InChI is InChI=1S/C6H11NO/c1-2-3-4-6(7)5-8/h2-4,7H2,1H3. The molecule has 0 aliphatic rings. The van der Waals surface area contributed by atoms with E-state index in [4.69, 9.17) is 5.73 Å². The van der Waals surface area contributed by atoms with Gasteiger partial charge in [-0.25, -0.2) is 4.79 Å². The molecule has 0 saturated heterocycles. The largest absolute Gasteiger partial charge is 0.393 e. The van der Waals surface area contributed by atoms with Gasteiger partial charge in [0.15, 0.2) is 0 Å². The van der Waals surface area contributed by atoms with Gasteiger partial charge in [0.05, 0.1) is 5.70 Å². The first-order chi connectivity index (χ1) is 3.81. The second-order valence-electron chi connectivity index (χ2n) is 1.73. The maximum Gasteiger partial charge on any atom is 0.145 e. The molecular weight excluding hydrogens is 102 g/mol. The third-order valence-corrected chi connectivity index (χ3v) is 0.931. The second-order valence-corrected chi connectivity index (χ2v) is 1.73. The minimum absolute atomic E-state index is 0.340. The van der Waals surface area contributed by atoms with Crippen molar-refractivity contribution in [2.24, 2.45) is 5.73 Å². The number of hydrogen-bond acceptors (Lipinski definition) is 2. The molecule has 8 heavy (non-hydrogen) atoms. The van der Waals surface area contributed by atoms with Crippen molar-refractivity contribution in [3.8, 4) is 0 Å². The van der Waals surface area contributed by atoms with Crippen molar-refractivity contribution in [2.75, 3.05) is 0 Å². The highest BCUT2D eigenvalue weighted by molar-refractivity contribution is 5.50. The molecule has 2 nitrogen and oxygen atoms in total. The topological polar surface area (TPSA) is 43.1 Å². The fraction of sp³-hybridized carbons (Fsp3) is 0.667. The van der Waals surface area contributed by atoms with Gasteiger partial charge in [-0.15, -0.1) is 0 Å². The SMILES string of the molecule is CCCCC(N)=C=O. The van der Waals surface area contributed by atoms with Crippen LogP contribution in [0.4, 0.5) is 0 Å². The van der Waals surface area contributed by atoms with Crippen LogP contribution in [0.5, 0.6) is 0 Å². The van der Waals surface area contributed by atoms with E-state index in [1.54, 1.807) is 5.94 Å². The molecule has 46 valence electrons. The van der Waals surface area contributed by atoms with Crippen molar-refractivity contribution in [1.82, 2.24) is 0 Å². The molecule has 0 bridgehead atoms. The van der Waals surface area contributed by atoms with E-state index in [2.05, 4.69) is 6.92 Å². The van der Waals surface area contributed by atoms with Gasteiger partial charge in [0.2, 0.25) is 0 Å². The van der Waals surface area contributed by atoms with Crippen LogP contribution in [0, 0.1) is 0 Å². The third kappa shape index (κ3) is 3.44. The molecule has 0 amide bonds. The lowest BCUT2D eigenvalue weighted by Crippen LogP contribution is -1.96. The average Bonchev–Trinajstić information content (AvgIpc) is 1.83. The molecule has 0 aliphatic carbocycles. The summed E-state index contributed by atoms with van der Waals surface area (Å²) in [6.07, 6.45) is 2.75. The molecule has 0 fully saturated rings. The molecule has 2 heteroatoms. The van der Waals surface area contributed by atoms with Crippen LogP contribution in [-0.4, -0.2) is 5.94 Å². The van der Waals surface area contributed by atoms with E-state index in [1.165, 1.54) is 0 Å². The van der Waals surface area contributed by atoms with Crippen LogP contribution in [0.1, 0.15) is 26.2 Å². The third-order valence-electron chi connectivity index (χ3n) is 0.931. The molecule has 0 radical (unpaired) electrons. The fourth-order valence-corrected chi connectivity index (χ4v) is 0.418. The smallest absolute Gasteiger partial charge is 0.145 e. The molecule has 0 heterocycles. The average molecular weight is 113 g/mol. The molecule has 0 atom stereocenters. The van der Waals surface area contributed by atoms with Crippen molar-refractivity contribution >= 4 is 5.94 Å². The number of unbranched alkanes of at least 4 members (excludes halogenated alkanes) is 1. The minimum Gasteiger partial charge on any atom is -0.393 e. The molecule has 0 aromatic carbocycles. The Balaban J connectivity index is 3.26. The van der Waals surface area contributed by atoms with E-state index in [1.807, 2.05) is 0 Å². The van der Waals surface area contributed by atoms with Crippen LogP contribution in [0.25, 0.3) is 0 Å². The first-order valence-electron chi connectivity index (χ1n) is 2.80. The zero-order valence-electron chi connectivity index (χ0n) is 5.11. The molecule has 0 aromatic heterocycles. The maximum absolute atomic E-state index is 9.72. The van der Waals surface area contributed by atoms with E-state index < -0.39 is 0 Å². The summed E-state index contributed by atoms with van der Waals surface area (Å²) in [7, 11) is 0. The lowest BCUT2D eigenvalue weighted by molar-refractivity contribution is 0.565. The zero-order chi connectivity index (χ0) is 6.41. The van der Waals surface area contributed by atoms with Gasteiger partial charge in [-0.3, -0.25) is 0 Å². The number of hydrogen-bond donors (Lipinski definition) is 1. The van der Waals surface area contributed by atoms with E-state index >= 15 is 0 Å². The maximum atomic E-state index is 9.72. The zero-order valence-corrected chi connectivity index (χ0v) is 5.11. The van der Waals surface area contributed by atoms with E-state index in [9.17, 15) is 4.79 Å². The Kier molecular flexibility index (Phi) is 4.00. The van der Waals surface area contributed by atoms with E-state index in [0.29, 0.717) is 12.1 Å². The predicted molar refractivity (Wildman–Crippen MR) is 32.9 cm³/mol. The summed E-state index contributed by atoms with van der Waals surface area (Å²) in [5.41, 5.74) is 5.49. The number of carbonyl (C=O) groups excluding carboxylic acids is 1. The van der Waals surface area contributed by atoms with Gasteiger partial charge in [-0.1, -0.05) is 13.3 Å². The molecule has 0 rings (SSSR count). The molecule has 2 N–H and O–H groups in total. The highest BCUT2D eigenvalue weighted by Gasteiger charge is 1.86. The highest BCUT2D eigenvalue weighted by atomic mass is 16.1. The Labute approximate surface area is 49.4 Å². The molecule has 0 saturated carbocycles. The second kappa shape index (κ2) is 4.41. The van der Waals surface area contributed by atoms with Crippen LogP contribution < -0.4 is 5.73 Å². The quantitative estimate of drug-likeness (QED) is 0.551. The fourth-order valence-electron chi connectivity index (χ4n) is 0.418. The van der Waals surface area contributed by atoms with Gasteiger partial charge in [-0.05, 0) is 12.8 Å². The Morgan fingerprint density at radius 2 is 2.38 bits per heavy atom. The monoisotopic (exact) mass is 113 g/mol. The molecule has 0 aliphatic heterocycles. The van der Waals surface area contributed by atoms with Gasteiger partial charge < -0.3 is 5.73 Å². The van der Waals surface area contributed by atoms with Crippen molar-refractivity contribution in [3.05, 3.63) is 5.70 Å². The number of allylic oxidation sites excluding steroid dienone is 1. The van der Waals surface area contributed by atoms with Gasteiger partial charge in [-0.2, -0.15) is 0 Å². The van der Waals surface area contributed by atoms with Gasteiger partial charge in [0.1, 0.15) is 5.94 Å². The molecule has 0 aromatic rings. The van der Waals surface area contributed by atoms with Crippen molar-refractivity contribution < 1.29 is 4.79 Å². The summed E-state index contributed by atoms with van der Waals surface area (Å²) in [5.74, 6) is 1.64. The molecule has 0 unspecified atom stereocenters. The first kappa shape index (κ1) is 7.25. The summed E-state index contributed by atoms with van der Waals surface area (Å²) in [5, 5.41) is 0. The van der Waals surface area contributed by atoms with Gasteiger partial charge in [0, 0.05) is 0 Å². The van der Waals surface area contributed by atoms with E-state index in [0.717, 1.165) is 12.8 Å². The van der Waals surface area contributed by atoms with Crippen molar-refractivity contribution in [2.45, 2.75) is 26.2 Å². The predicted octanol–water partition coefficient (Wildman–Crippen LogP) is 0.851. The normalized spacial score (nSPS) is 8.12.